The first-order chi connectivity index (χ1) is 17.0. The summed E-state index contributed by atoms with van der Waals surface area (Å²) in [5, 5.41) is 13.3. The van der Waals surface area contributed by atoms with Crippen LogP contribution in [0, 0.1) is 13.8 Å². The predicted molar refractivity (Wildman–Crippen MR) is 142 cm³/mol. The Labute approximate surface area is 213 Å². The van der Waals surface area contributed by atoms with Crippen LogP contribution in [-0.2, 0) is 6.61 Å². The molecular weight excluding hydrogens is 480 g/mol. The standard InChI is InChI=1S/C27H26N4O4.ClH/c1-15-23(26(32)30-28-15)25(24-16(2)29-31-27(24)33)18-11-12-21(22(13-18)34-3)35-14-19-9-6-8-17-7-4-5-10-20(17)19;/h4-13,25H,14H2,1-3H3,(H2,28,30,32)(H2,29,31,33);1H. The lowest BCUT2D eigenvalue weighted by Crippen LogP contribution is -2.20. The van der Waals surface area contributed by atoms with E-state index in [0.29, 0.717) is 40.6 Å². The smallest absolute Gasteiger partial charge is 0.268 e. The number of ether oxygens (including phenoxy) is 2. The Bertz CT molecular complexity index is 1570. The van der Waals surface area contributed by atoms with E-state index < -0.39 is 5.92 Å². The molecule has 0 spiro atoms. The number of aryl methyl sites for hydroxylation is 2. The Kier molecular flexibility index (Phi) is 7.07. The summed E-state index contributed by atoms with van der Waals surface area (Å²) in [6.45, 7) is 3.97. The summed E-state index contributed by atoms with van der Waals surface area (Å²) in [6.07, 6.45) is 0. The lowest BCUT2D eigenvalue weighted by molar-refractivity contribution is 0.285. The van der Waals surface area contributed by atoms with Gasteiger partial charge in [0, 0.05) is 17.3 Å². The number of rotatable bonds is 7. The third kappa shape index (κ3) is 4.43. The van der Waals surface area contributed by atoms with Crippen LogP contribution in [0.1, 0.15) is 39.6 Å². The molecule has 0 unspecified atom stereocenters. The first-order valence-electron chi connectivity index (χ1n) is 11.3. The Morgan fingerprint density at radius 3 is 2.03 bits per heavy atom. The molecule has 186 valence electrons. The zero-order valence-electron chi connectivity index (χ0n) is 20.1. The molecule has 0 aliphatic rings. The van der Waals surface area contributed by atoms with Crippen molar-refractivity contribution in [2.75, 3.05) is 7.11 Å². The molecule has 9 heteroatoms. The molecule has 0 saturated carbocycles. The third-order valence-electron chi connectivity index (χ3n) is 6.39. The van der Waals surface area contributed by atoms with E-state index in [4.69, 9.17) is 9.47 Å². The van der Waals surface area contributed by atoms with Gasteiger partial charge < -0.3 is 19.7 Å². The third-order valence-corrected chi connectivity index (χ3v) is 6.39. The van der Waals surface area contributed by atoms with Crippen molar-refractivity contribution in [1.82, 2.24) is 20.4 Å². The number of H-pyrrole nitrogens is 4. The monoisotopic (exact) mass is 506 g/mol. The van der Waals surface area contributed by atoms with Gasteiger partial charge in [-0.25, -0.2) is 0 Å². The minimum Gasteiger partial charge on any atom is -0.493 e. The molecule has 4 N–H and O–H groups in total. The normalized spacial score (nSPS) is 11.0. The minimum atomic E-state index is -0.596. The number of methoxy groups -OCH3 is 1. The fraction of sp³-hybridized carbons (Fsp3) is 0.185. The lowest BCUT2D eigenvalue weighted by Gasteiger charge is -2.18. The van der Waals surface area contributed by atoms with E-state index in [1.165, 1.54) is 0 Å². The average molecular weight is 507 g/mol. The van der Waals surface area contributed by atoms with E-state index in [2.05, 4.69) is 38.6 Å². The van der Waals surface area contributed by atoms with Crippen LogP contribution in [0.15, 0.2) is 70.3 Å². The summed E-state index contributed by atoms with van der Waals surface area (Å²) < 4.78 is 11.8. The Hall–Kier alpha value is -4.17. The lowest BCUT2D eigenvalue weighted by atomic mass is 9.85. The van der Waals surface area contributed by atoms with Crippen molar-refractivity contribution in [2.24, 2.45) is 0 Å². The van der Waals surface area contributed by atoms with Crippen molar-refractivity contribution < 1.29 is 9.47 Å². The number of hydrogen-bond donors (Lipinski definition) is 4. The molecule has 0 fully saturated rings. The van der Waals surface area contributed by atoms with Crippen LogP contribution in [0.25, 0.3) is 10.8 Å². The molecule has 0 atom stereocenters. The van der Waals surface area contributed by atoms with Crippen molar-refractivity contribution >= 4 is 23.2 Å². The zero-order valence-corrected chi connectivity index (χ0v) is 20.9. The first kappa shape index (κ1) is 24.9. The Balaban J connectivity index is 0.00000304. The van der Waals surface area contributed by atoms with Gasteiger partial charge in [0.05, 0.1) is 18.2 Å². The van der Waals surface area contributed by atoms with Gasteiger partial charge >= 0.3 is 0 Å². The molecule has 3 aromatic carbocycles. The number of nitrogens with one attached hydrogen (secondary N) is 4. The maximum Gasteiger partial charge on any atom is 0.268 e. The van der Waals surface area contributed by atoms with E-state index >= 15 is 0 Å². The summed E-state index contributed by atoms with van der Waals surface area (Å²) in [4.78, 5) is 25.4. The van der Waals surface area contributed by atoms with Crippen molar-refractivity contribution in [3.05, 3.63) is 115 Å². The molecule has 2 heterocycles. The summed E-state index contributed by atoms with van der Waals surface area (Å²) >= 11 is 0. The number of aromatic amines is 4. The number of halogens is 1. The van der Waals surface area contributed by atoms with Gasteiger partial charge in [-0.05, 0) is 47.9 Å². The Morgan fingerprint density at radius 1 is 0.778 bits per heavy atom. The number of aromatic nitrogens is 4. The fourth-order valence-corrected chi connectivity index (χ4v) is 4.64. The maximum absolute atomic E-state index is 12.7. The highest BCUT2D eigenvalue weighted by Gasteiger charge is 2.28. The average Bonchev–Trinajstić information content (AvgIpc) is 3.39. The highest BCUT2D eigenvalue weighted by Crippen LogP contribution is 2.37. The van der Waals surface area contributed by atoms with Gasteiger partial charge in [-0.2, -0.15) is 0 Å². The van der Waals surface area contributed by atoms with Gasteiger partial charge in [0.1, 0.15) is 6.61 Å². The predicted octanol–water partition coefficient (Wildman–Crippen LogP) is 4.68. The molecule has 36 heavy (non-hydrogen) atoms. The second-order valence-corrected chi connectivity index (χ2v) is 8.51. The van der Waals surface area contributed by atoms with E-state index in [1.54, 1.807) is 21.0 Å². The van der Waals surface area contributed by atoms with Gasteiger partial charge in [0.15, 0.2) is 11.5 Å². The number of benzene rings is 3. The second kappa shape index (κ2) is 10.2. The molecule has 8 nitrogen and oxygen atoms in total. The van der Waals surface area contributed by atoms with Gasteiger partial charge in [0.2, 0.25) is 0 Å². The SMILES string of the molecule is COc1cc(C(c2c(C)[nH][nH]c2=O)c2c(C)[nH][nH]c2=O)ccc1OCc1cccc2ccccc12.Cl. The molecular formula is C27H27ClN4O4. The molecule has 2 aromatic heterocycles. The molecule has 0 amide bonds. The van der Waals surface area contributed by atoms with Crippen molar-refractivity contribution in [3.8, 4) is 11.5 Å². The maximum atomic E-state index is 12.7. The molecule has 0 bridgehead atoms. The highest BCUT2D eigenvalue weighted by molar-refractivity contribution is 5.86. The molecule has 0 aliphatic heterocycles. The van der Waals surface area contributed by atoms with Gasteiger partial charge in [-0.3, -0.25) is 19.8 Å². The van der Waals surface area contributed by atoms with Gasteiger partial charge in [-0.15, -0.1) is 12.4 Å². The van der Waals surface area contributed by atoms with E-state index in [0.717, 1.165) is 21.9 Å². The van der Waals surface area contributed by atoms with Crippen molar-refractivity contribution in [3.63, 3.8) is 0 Å². The second-order valence-electron chi connectivity index (χ2n) is 8.51. The first-order valence-corrected chi connectivity index (χ1v) is 11.3. The van der Waals surface area contributed by atoms with Gasteiger partial charge in [-0.1, -0.05) is 48.5 Å². The highest BCUT2D eigenvalue weighted by atomic mass is 35.5. The van der Waals surface area contributed by atoms with Crippen LogP contribution in [-0.4, -0.2) is 27.5 Å². The fourth-order valence-electron chi connectivity index (χ4n) is 4.64. The van der Waals surface area contributed by atoms with Crippen LogP contribution < -0.4 is 20.6 Å². The number of fused-ring (bicyclic) bond motifs is 1. The topological polar surface area (TPSA) is 116 Å². The van der Waals surface area contributed by atoms with Crippen LogP contribution in [0.2, 0.25) is 0 Å². The molecule has 0 saturated heterocycles. The zero-order chi connectivity index (χ0) is 24.5. The van der Waals surface area contributed by atoms with Crippen LogP contribution in [0.4, 0.5) is 0 Å². The summed E-state index contributed by atoms with van der Waals surface area (Å²) in [5.41, 5.74) is 3.53. The Morgan fingerprint density at radius 2 is 1.42 bits per heavy atom. The van der Waals surface area contributed by atoms with E-state index in [1.807, 2.05) is 42.5 Å². The van der Waals surface area contributed by atoms with Crippen LogP contribution >= 0.6 is 12.4 Å². The molecule has 5 aromatic rings. The van der Waals surface area contributed by atoms with Gasteiger partial charge in [0.25, 0.3) is 11.1 Å². The van der Waals surface area contributed by atoms with Crippen molar-refractivity contribution in [2.45, 2.75) is 26.4 Å². The quantitative estimate of drug-likeness (QED) is 0.256. The van der Waals surface area contributed by atoms with E-state index in [-0.39, 0.29) is 23.5 Å². The molecule has 0 aliphatic carbocycles. The summed E-state index contributed by atoms with van der Waals surface area (Å²) in [5.74, 6) is 0.491. The number of hydrogen-bond acceptors (Lipinski definition) is 4. The van der Waals surface area contributed by atoms with E-state index in [9.17, 15) is 9.59 Å². The van der Waals surface area contributed by atoms with Crippen LogP contribution in [0.3, 0.4) is 0 Å². The summed E-state index contributed by atoms with van der Waals surface area (Å²) in [7, 11) is 1.57. The minimum absolute atomic E-state index is 0. The van der Waals surface area contributed by atoms with Crippen molar-refractivity contribution in [1.29, 1.82) is 0 Å². The van der Waals surface area contributed by atoms with Crippen LogP contribution in [0.5, 0.6) is 11.5 Å². The molecule has 5 rings (SSSR count). The largest absolute Gasteiger partial charge is 0.493 e. The molecule has 0 radical (unpaired) electrons. The summed E-state index contributed by atoms with van der Waals surface area (Å²) in [6, 6.07) is 19.8.